The Kier molecular flexibility index (Phi) is 3.06. The average molecular weight is 211 g/mol. The molecular weight excluding hydrogens is 186 g/mol. The Hall–Kier alpha value is -0.120. The van der Waals surface area contributed by atoms with Gasteiger partial charge in [0.2, 0.25) is 0 Å². The van der Waals surface area contributed by atoms with Gasteiger partial charge in [0.1, 0.15) is 0 Å². The SMILES string of the molecule is CC(C)(N)CN1CCC2(CCNC2)CC1. The third-order valence-electron chi connectivity index (χ3n) is 3.88. The van der Waals surface area contributed by atoms with E-state index in [1.807, 2.05) is 0 Å². The average Bonchev–Trinajstić information content (AvgIpc) is 2.56. The van der Waals surface area contributed by atoms with Gasteiger partial charge in [-0.25, -0.2) is 0 Å². The predicted octanol–water partition coefficient (Wildman–Crippen LogP) is 0.799. The fourth-order valence-corrected chi connectivity index (χ4v) is 2.98. The van der Waals surface area contributed by atoms with Crippen LogP contribution >= 0.6 is 0 Å². The van der Waals surface area contributed by atoms with Crippen LogP contribution in [0, 0.1) is 5.41 Å². The van der Waals surface area contributed by atoms with Crippen molar-refractivity contribution in [2.45, 2.75) is 38.6 Å². The minimum absolute atomic E-state index is 0.0432. The van der Waals surface area contributed by atoms with Crippen molar-refractivity contribution < 1.29 is 0 Å². The second-order valence-corrected chi connectivity index (χ2v) is 6.19. The van der Waals surface area contributed by atoms with Crippen LogP contribution < -0.4 is 11.1 Å². The maximum atomic E-state index is 6.06. The van der Waals surface area contributed by atoms with E-state index in [4.69, 9.17) is 5.73 Å². The number of likely N-dealkylation sites (tertiary alicyclic amines) is 1. The summed E-state index contributed by atoms with van der Waals surface area (Å²) in [6.45, 7) is 10.2. The van der Waals surface area contributed by atoms with Gasteiger partial charge in [-0.3, -0.25) is 0 Å². The van der Waals surface area contributed by atoms with E-state index in [9.17, 15) is 0 Å². The number of hydrogen-bond acceptors (Lipinski definition) is 3. The number of rotatable bonds is 2. The Morgan fingerprint density at radius 2 is 1.93 bits per heavy atom. The van der Waals surface area contributed by atoms with Gasteiger partial charge in [-0.15, -0.1) is 0 Å². The molecule has 0 aromatic rings. The maximum Gasteiger partial charge on any atom is 0.0226 e. The molecule has 15 heavy (non-hydrogen) atoms. The molecule has 0 aromatic carbocycles. The number of piperidine rings is 1. The summed E-state index contributed by atoms with van der Waals surface area (Å²) in [6, 6.07) is 0. The van der Waals surface area contributed by atoms with Crippen molar-refractivity contribution in [1.29, 1.82) is 0 Å². The normalized spacial score (nSPS) is 27.4. The first kappa shape index (κ1) is 11.4. The van der Waals surface area contributed by atoms with E-state index in [0.717, 1.165) is 6.54 Å². The van der Waals surface area contributed by atoms with Crippen molar-refractivity contribution in [3.8, 4) is 0 Å². The van der Waals surface area contributed by atoms with E-state index < -0.39 is 0 Å². The van der Waals surface area contributed by atoms with Gasteiger partial charge in [0.15, 0.2) is 0 Å². The lowest BCUT2D eigenvalue weighted by Crippen LogP contribution is -2.50. The molecule has 2 aliphatic rings. The van der Waals surface area contributed by atoms with Crippen LogP contribution in [0.15, 0.2) is 0 Å². The molecule has 88 valence electrons. The summed E-state index contributed by atoms with van der Waals surface area (Å²) < 4.78 is 0. The molecule has 0 unspecified atom stereocenters. The molecule has 2 fully saturated rings. The van der Waals surface area contributed by atoms with Crippen LogP contribution in [-0.2, 0) is 0 Å². The topological polar surface area (TPSA) is 41.3 Å². The van der Waals surface area contributed by atoms with E-state index in [-0.39, 0.29) is 5.54 Å². The van der Waals surface area contributed by atoms with Gasteiger partial charge in [0.05, 0.1) is 0 Å². The summed E-state index contributed by atoms with van der Waals surface area (Å²) in [5, 5.41) is 3.50. The molecule has 1 spiro atoms. The second-order valence-electron chi connectivity index (χ2n) is 6.19. The summed E-state index contributed by atoms with van der Waals surface area (Å²) in [5.41, 5.74) is 6.65. The van der Waals surface area contributed by atoms with Gasteiger partial charge in [0, 0.05) is 18.6 Å². The van der Waals surface area contributed by atoms with Gasteiger partial charge in [0.25, 0.3) is 0 Å². The van der Waals surface area contributed by atoms with Gasteiger partial charge < -0.3 is 16.0 Å². The summed E-state index contributed by atoms with van der Waals surface area (Å²) in [6.07, 6.45) is 4.10. The standard InChI is InChI=1S/C12H25N3/c1-11(2,13)10-15-7-4-12(5-8-15)3-6-14-9-12/h14H,3-10,13H2,1-2H3. The quantitative estimate of drug-likeness (QED) is 0.710. The zero-order chi connectivity index (χ0) is 10.9. The van der Waals surface area contributed by atoms with E-state index in [2.05, 4.69) is 24.1 Å². The Morgan fingerprint density at radius 3 is 2.40 bits per heavy atom. The molecule has 2 saturated heterocycles. The zero-order valence-electron chi connectivity index (χ0n) is 10.2. The molecular formula is C12H25N3. The molecule has 3 heteroatoms. The summed E-state index contributed by atoms with van der Waals surface area (Å²) in [5.74, 6) is 0. The summed E-state index contributed by atoms with van der Waals surface area (Å²) in [4.78, 5) is 2.53. The third-order valence-corrected chi connectivity index (χ3v) is 3.88. The molecule has 3 N–H and O–H groups in total. The number of hydrogen-bond donors (Lipinski definition) is 2. The molecule has 2 rings (SSSR count). The second kappa shape index (κ2) is 4.04. The van der Waals surface area contributed by atoms with Crippen LogP contribution in [-0.4, -0.2) is 43.2 Å². The highest BCUT2D eigenvalue weighted by atomic mass is 15.2. The first-order chi connectivity index (χ1) is 6.99. The van der Waals surface area contributed by atoms with E-state index in [1.165, 1.54) is 45.4 Å². The third kappa shape index (κ3) is 2.92. The number of nitrogens with two attached hydrogens (primary N) is 1. The monoisotopic (exact) mass is 211 g/mol. The molecule has 0 bridgehead atoms. The lowest BCUT2D eigenvalue weighted by Gasteiger charge is -2.41. The van der Waals surface area contributed by atoms with Crippen LogP contribution in [0.25, 0.3) is 0 Å². The van der Waals surface area contributed by atoms with Gasteiger partial charge >= 0.3 is 0 Å². The van der Waals surface area contributed by atoms with Crippen molar-refractivity contribution in [2.75, 3.05) is 32.7 Å². The summed E-state index contributed by atoms with van der Waals surface area (Å²) in [7, 11) is 0. The van der Waals surface area contributed by atoms with E-state index in [1.54, 1.807) is 0 Å². The number of nitrogens with one attached hydrogen (secondary N) is 1. The van der Waals surface area contributed by atoms with Crippen LogP contribution in [0.1, 0.15) is 33.1 Å². The fourth-order valence-electron chi connectivity index (χ4n) is 2.98. The van der Waals surface area contributed by atoms with Gasteiger partial charge in [-0.2, -0.15) is 0 Å². The molecule has 0 amide bonds. The molecule has 0 atom stereocenters. The van der Waals surface area contributed by atoms with Crippen LogP contribution in [0.4, 0.5) is 0 Å². The van der Waals surface area contributed by atoms with Crippen molar-refractivity contribution in [3.63, 3.8) is 0 Å². The summed E-state index contributed by atoms with van der Waals surface area (Å²) >= 11 is 0. The largest absolute Gasteiger partial charge is 0.324 e. The van der Waals surface area contributed by atoms with Crippen molar-refractivity contribution >= 4 is 0 Å². The van der Waals surface area contributed by atoms with Crippen molar-refractivity contribution in [2.24, 2.45) is 11.1 Å². The smallest absolute Gasteiger partial charge is 0.0226 e. The minimum atomic E-state index is -0.0432. The Bertz CT molecular complexity index is 203. The highest BCUT2D eigenvalue weighted by Gasteiger charge is 2.37. The van der Waals surface area contributed by atoms with Crippen LogP contribution in [0.2, 0.25) is 0 Å². The minimum Gasteiger partial charge on any atom is -0.324 e. The first-order valence-corrected chi connectivity index (χ1v) is 6.21. The molecule has 2 heterocycles. The van der Waals surface area contributed by atoms with Crippen LogP contribution in [0.3, 0.4) is 0 Å². The molecule has 0 radical (unpaired) electrons. The van der Waals surface area contributed by atoms with Crippen LogP contribution in [0.5, 0.6) is 0 Å². The lowest BCUT2D eigenvalue weighted by atomic mass is 9.77. The predicted molar refractivity (Wildman–Crippen MR) is 63.9 cm³/mol. The molecule has 3 nitrogen and oxygen atoms in total. The zero-order valence-corrected chi connectivity index (χ0v) is 10.2. The Balaban J connectivity index is 1.81. The van der Waals surface area contributed by atoms with Crippen molar-refractivity contribution in [3.05, 3.63) is 0 Å². The van der Waals surface area contributed by atoms with Crippen molar-refractivity contribution in [1.82, 2.24) is 10.2 Å². The number of nitrogens with zero attached hydrogens (tertiary/aromatic N) is 1. The molecule has 2 aliphatic heterocycles. The van der Waals surface area contributed by atoms with E-state index >= 15 is 0 Å². The molecule has 0 aromatic heterocycles. The Labute approximate surface area is 93.4 Å². The van der Waals surface area contributed by atoms with Gasteiger partial charge in [-0.05, 0) is 58.2 Å². The highest BCUT2D eigenvalue weighted by molar-refractivity contribution is 4.93. The highest BCUT2D eigenvalue weighted by Crippen LogP contribution is 2.36. The Morgan fingerprint density at radius 1 is 1.27 bits per heavy atom. The lowest BCUT2D eigenvalue weighted by molar-refractivity contribution is 0.104. The molecule has 0 saturated carbocycles. The fraction of sp³-hybridized carbons (Fsp3) is 1.00. The first-order valence-electron chi connectivity index (χ1n) is 6.21. The van der Waals surface area contributed by atoms with E-state index in [0.29, 0.717) is 5.41 Å². The molecule has 0 aliphatic carbocycles. The van der Waals surface area contributed by atoms with Gasteiger partial charge in [-0.1, -0.05) is 0 Å². The maximum absolute atomic E-state index is 6.06.